The lowest BCUT2D eigenvalue weighted by Crippen LogP contribution is -2.46. The van der Waals surface area contributed by atoms with Crippen LogP contribution in [0.25, 0.3) is 0 Å². The number of carboxylic acids is 1. The van der Waals surface area contributed by atoms with Gasteiger partial charge >= 0.3 is 0 Å². The van der Waals surface area contributed by atoms with Crippen molar-refractivity contribution in [3.05, 3.63) is 29.3 Å². The van der Waals surface area contributed by atoms with Gasteiger partial charge in [0, 0.05) is 12.8 Å². The molecule has 1 aromatic carbocycles. The summed E-state index contributed by atoms with van der Waals surface area (Å²) in [6, 6.07) is 4.29. The number of rotatable bonds is 2. The molecule has 0 N–H and O–H groups in total. The highest BCUT2D eigenvalue weighted by atomic mass is 16.4. The van der Waals surface area contributed by atoms with Crippen molar-refractivity contribution >= 4 is 23.5 Å². The van der Waals surface area contributed by atoms with Gasteiger partial charge in [-0.15, -0.1) is 0 Å². The molecule has 0 unspecified atom stereocenters. The highest BCUT2D eigenvalue weighted by molar-refractivity contribution is 6.17. The molecule has 1 heterocycles. The quantitative estimate of drug-likeness (QED) is 0.755. The molecule has 0 atom stereocenters. The largest absolute Gasteiger partial charge is 0.545 e. The number of carboxylic acid groups (broad SMARTS) is 1. The molecule has 1 saturated heterocycles. The maximum atomic E-state index is 12.2. The van der Waals surface area contributed by atoms with Crippen molar-refractivity contribution in [3.8, 4) is 0 Å². The average molecular weight is 274 g/mol. The number of hydrogen-bond donors (Lipinski definition) is 0. The molecule has 0 bridgehead atoms. The number of carbonyl (C=O) groups excluding carboxylic acids is 3. The van der Waals surface area contributed by atoms with Crippen molar-refractivity contribution in [2.45, 2.75) is 33.6 Å². The van der Waals surface area contributed by atoms with E-state index in [0.717, 1.165) is 4.90 Å². The number of nitrogens with zero attached hydrogens (tertiary/aromatic N) is 1. The van der Waals surface area contributed by atoms with Crippen LogP contribution in [0.4, 0.5) is 5.69 Å². The topological polar surface area (TPSA) is 77.5 Å². The predicted molar refractivity (Wildman–Crippen MR) is 71.0 cm³/mol. The van der Waals surface area contributed by atoms with Gasteiger partial charge in [0.2, 0.25) is 11.8 Å². The van der Waals surface area contributed by atoms with Crippen LogP contribution in [-0.2, 0) is 9.59 Å². The normalized spacial score (nSPS) is 18.2. The highest BCUT2D eigenvalue weighted by Gasteiger charge is 2.38. The standard InChI is InChI=1S/C15H17NO4/c1-9-4-5-10(14(19)20)6-11(9)16-12(17)7-15(2,3)8-13(16)18/h4-6H,7-8H2,1-3H3,(H,19,20)/p-1. The van der Waals surface area contributed by atoms with E-state index in [9.17, 15) is 19.5 Å². The Morgan fingerprint density at radius 2 is 1.75 bits per heavy atom. The molecule has 0 aromatic heterocycles. The van der Waals surface area contributed by atoms with Crippen molar-refractivity contribution in [2.75, 3.05) is 4.90 Å². The molecule has 5 heteroatoms. The van der Waals surface area contributed by atoms with E-state index in [1.807, 2.05) is 13.8 Å². The van der Waals surface area contributed by atoms with Crippen molar-refractivity contribution in [2.24, 2.45) is 5.41 Å². The Labute approximate surface area is 117 Å². The summed E-state index contributed by atoms with van der Waals surface area (Å²) < 4.78 is 0. The molecule has 2 rings (SSSR count). The minimum absolute atomic E-state index is 0.0453. The van der Waals surface area contributed by atoms with Crippen LogP contribution in [0.2, 0.25) is 0 Å². The van der Waals surface area contributed by atoms with Gasteiger partial charge in [-0.1, -0.05) is 26.0 Å². The van der Waals surface area contributed by atoms with Gasteiger partial charge in [-0.25, -0.2) is 0 Å². The SMILES string of the molecule is Cc1ccc(C(=O)[O-])cc1N1C(=O)CC(C)(C)CC1=O. The van der Waals surface area contributed by atoms with E-state index in [2.05, 4.69) is 0 Å². The van der Waals surface area contributed by atoms with Gasteiger partial charge in [0.25, 0.3) is 0 Å². The van der Waals surface area contributed by atoms with Crippen LogP contribution in [0, 0.1) is 12.3 Å². The molecule has 1 aromatic rings. The van der Waals surface area contributed by atoms with Crippen LogP contribution >= 0.6 is 0 Å². The highest BCUT2D eigenvalue weighted by Crippen LogP contribution is 2.35. The van der Waals surface area contributed by atoms with Crippen molar-refractivity contribution in [3.63, 3.8) is 0 Å². The number of benzene rings is 1. The number of aryl methyl sites for hydroxylation is 1. The van der Waals surface area contributed by atoms with Gasteiger partial charge in [0.1, 0.15) is 0 Å². The number of carbonyl (C=O) groups is 3. The molecular weight excluding hydrogens is 258 g/mol. The summed E-state index contributed by atoms with van der Waals surface area (Å²) in [4.78, 5) is 36.4. The third kappa shape index (κ3) is 2.57. The lowest BCUT2D eigenvalue weighted by molar-refractivity contribution is -0.255. The Balaban J connectivity index is 2.46. The molecule has 0 aliphatic carbocycles. The van der Waals surface area contributed by atoms with Crippen LogP contribution in [0.3, 0.4) is 0 Å². The maximum Gasteiger partial charge on any atom is 0.234 e. The molecule has 106 valence electrons. The van der Waals surface area contributed by atoms with Crippen LogP contribution < -0.4 is 10.0 Å². The molecule has 1 fully saturated rings. The Hall–Kier alpha value is -2.17. The Morgan fingerprint density at radius 3 is 2.25 bits per heavy atom. The minimum Gasteiger partial charge on any atom is -0.545 e. The number of imide groups is 1. The molecular formula is C15H16NO4-. The van der Waals surface area contributed by atoms with E-state index in [0.29, 0.717) is 11.3 Å². The molecule has 0 saturated carbocycles. The summed E-state index contributed by atoms with van der Waals surface area (Å²) in [7, 11) is 0. The summed E-state index contributed by atoms with van der Waals surface area (Å²) >= 11 is 0. The molecule has 0 radical (unpaired) electrons. The lowest BCUT2D eigenvalue weighted by Gasteiger charge is -2.35. The van der Waals surface area contributed by atoms with E-state index in [1.165, 1.54) is 12.1 Å². The fraction of sp³-hybridized carbons (Fsp3) is 0.400. The second-order valence-corrected chi connectivity index (χ2v) is 5.93. The zero-order valence-electron chi connectivity index (χ0n) is 11.7. The smallest absolute Gasteiger partial charge is 0.234 e. The van der Waals surface area contributed by atoms with E-state index < -0.39 is 5.97 Å². The Bertz CT molecular complexity index is 584. The number of hydrogen-bond acceptors (Lipinski definition) is 4. The number of piperidine rings is 1. The van der Waals surface area contributed by atoms with Crippen molar-refractivity contribution in [1.29, 1.82) is 0 Å². The number of aromatic carboxylic acids is 1. The summed E-state index contributed by atoms with van der Waals surface area (Å²) in [5.74, 6) is -1.93. The van der Waals surface area contributed by atoms with Gasteiger partial charge in [-0.05, 0) is 29.5 Å². The Morgan fingerprint density at radius 1 is 1.20 bits per heavy atom. The summed E-state index contributed by atoms with van der Waals surface area (Å²) in [6.45, 7) is 5.46. The van der Waals surface area contributed by atoms with E-state index >= 15 is 0 Å². The first-order valence-corrected chi connectivity index (χ1v) is 6.39. The second-order valence-electron chi connectivity index (χ2n) is 5.93. The average Bonchev–Trinajstić information content (AvgIpc) is 2.28. The molecule has 1 aliphatic rings. The zero-order chi connectivity index (χ0) is 15.1. The summed E-state index contributed by atoms with van der Waals surface area (Å²) in [5.41, 5.74) is 0.606. The fourth-order valence-corrected chi connectivity index (χ4v) is 2.42. The third-order valence-electron chi connectivity index (χ3n) is 3.44. The molecule has 2 amide bonds. The maximum absolute atomic E-state index is 12.2. The molecule has 0 spiro atoms. The first-order valence-electron chi connectivity index (χ1n) is 6.39. The van der Waals surface area contributed by atoms with E-state index in [-0.39, 0.29) is 35.6 Å². The number of anilines is 1. The monoisotopic (exact) mass is 274 g/mol. The van der Waals surface area contributed by atoms with Crippen molar-refractivity contribution < 1.29 is 19.5 Å². The van der Waals surface area contributed by atoms with Crippen LogP contribution in [0.15, 0.2) is 18.2 Å². The summed E-state index contributed by atoms with van der Waals surface area (Å²) in [6.07, 6.45) is 0.515. The first-order chi connectivity index (χ1) is 9.21. The molecule has 5 nitrogen and oxygen atoms in total. The molecule has 1 aliphatic heterocycles. The zero-order valence-corrected chi connectivity index (χ0v) is 11.7. The Kier molecular flexibility index (Phi) is 3.38. The second kappa shape index (κ2) is 4.74. The number of amides is 2. The van der Waals surface area contributed by atoms with E-state index in [1.54, 1.807) is 13.0 Å². The van der Waals surface area contributed by atoms with Crippen LogP contribution in [0.5, 0.6) is 0 Å². The molecule has 20 heavy (non-hydrogen) atoms. The van der Waals surface area contributed by atoms with E-state index in [4.69, 9.17) is 0 Å². The minimum atomic E-state index is -1.33. The van der Waals surface area contributed by atoms with Crippen LogP contribution in [0.1, 0.15) is 42.6 Å². The first kappa shape index (κ1) is 14.2. The van der Waals surface area contributed by atoms with Gasteiger partial charge in [0.05, 0.1) is 11.7 Å². The third-order valence-corrected chi connectivity index (χ3v) is 3.44. The summed E-state index contributed by atoms with van der Waals surface area (Å²) in [5, 5.41) is 10.9. The van der Waals surface area contributed by atoms with Gasteiger partial charge in [0.15, 0.2) is 0 Å². The van der Waals surface area contributed by atoms with Gasteiger partial charge < -0.3 is 9.90 Å². The van der Waals surface area contributed by atoms with Gasteiger partial charge in [-0.2, -0.15) is 0 Å². The van der Waals surface area contributed by atoms with Crippen LogP contribution in [-0.4, -0.2) is 17.8 Å². The lowest BCUT2D eigenvalue weighted by atomic mass is 9.81. The predicted octanol–water partition coefficient (Wildman–Crippen LogP) is 1.04. The van der Waals surface area contributed by atoms with Crippen molar-refractivity contribution in [1.82, 2.24) is 0 Å². The van der Waals surface area contributed by atoms with Gasteiger partial charge in [-0.3, -0.25) is 14.5 Å². The fourth-order valence-electron chi connectivity index (χ4n) is 2.42.